The Bertz CT molecular complexity index is 794. The Hall–Kier alpha value is -2.89. The molecule has 0 radical (unpaired) electrons. The summed E-state index contributed by atoms with van der Waals surface area (Å²) in [6, 6.07) is 12.8. The number of carbonyl (C=O) groups excluding carboxylic acids is 2. The molecule has 2 aromatic rings. The molecule has 0 saturated carbocycles. The Kier molecular flexibility index (Phi) is 5.21. The molecular weight excluding hydrogens is 330 g/mol. The van der Waals surface area contributed by atoms with E-state index in [1.807, 2.05) is 50.2 Å². The molecule has 1 aromatic carbocycles. The van der Waals surface area contributed by atoms with Gasteiger partial charge in [0.25, 0.3) is 0 Å². The lowest BCUT2D eigenvalue weighted by atomic mass is 9.85. The van der Waals surface area contributed by atoms with Crippen LogP contribution in [0.15, 0.2) is 48.7 Å². The molecule has 1 aliphatic heterocycles. The van der Waals surface area contributed by atoms with Crippen molar-refractivity contribution < 1.29 is 14.3 Å². The summed E-state index contributed by atoms with van der Waals surface area (Å²) in [5.41, 5.74) is 2.35. The van der Waals surface area contributed by atoms with Crippen LogP contribution in [0.1, 0.15) is 38.1 Å². The molecule has 1 aromatic heterocycles. The van der Waals surface area contributed by atoms with Crippen molar-refractivity contribution in [1.82, 2.24) is 10.3 Å². The predicted octanol–water partition coefficient (Wildman–Crippen LogP) is 3.44. The summed E-state index contributed by atoms with van der Waals surface area (Å²) >= 11 is 0. The smallest absolute Gasteiger partial charge is 0.408 e. The standard InChI is InChI=1S/C20H23N3O3/c1-13-14(2)23(15(3)24)17-10-7-11-21-19(17)18(13)22-20(25)26-12-16-8-5-4-6-9-16/h4-11,13-14,18H,12H2,1-3H3,(H,22,25)/t13-,14-,18+/m0/s1. The van der Waals surface area contributed by atoms with Crippen LogP contribution >= 0.6 is 0 Å². The fourth-order valence-corrected chi connectivity index (χ4v) is 3.38. The van der Waals surface area contributed by atoms with Gasteiger partial charge in [-0.05, 0) is 24.6 Å². The number of hydrogen-bond donors (Lipinski definition) is 1. The number of ether oxygens (including phenoxy) is 1. The lowest BCUT2D eigenvalue weighted by molar-refractivity contribution is -0.117. The molecule has 0 unspecified atom stereocenters. The van der Waals surface area contributed by atoms with E-state index in [-0.39, 0.29) is 30.5 Å². The minimum atomic E-state index is -0.495. The van der Waals surface area contributed by atoms with Crippen molar-refractivity contribution in [2.75, 3.05) is 4.90 Å². The van der Waals surface area contributed by atoms with Crippen LogP contribution in [0, 0.1) is 5.92 Å². The van der Waals surface area contributed by atoms with Crippen LogP contribution in [0.25, 0.3) is 0 Å². The fraction of sp³-hybridized carbons (Fsp3) is 0.350. The summed E-state index contributed by atoms with van der Waals surface area (Å²) in [6.07, 6.45) is 1.18. The average Bonchev–Trinajstić information content (AvgIpc) is 2.64. The van der Waals surface area contributed by atoms with Crippen LogP contribution in [0.5, 0.6) is 0 Å². The van der Waals surface area contributed by atoms with Crippen LogP contribution in [-0.4, -0.2) is 23.0 Å². The first-order valence-corrected chi connectivity index (χ1v) is 8.71. The van der Waals surface area contributed by atoms with Gasteiger partial charge in [0.15, 0.2) is 0 Å². The molecule has 0 spiro atoms. The first-order valence-electron chi connectivity index (χ1n) is 8.71. The summed E-state index contributed by atoms with van der Waals surface area (Å²) in [5, 5.41) is 2.92. The molecule has 0 saturated heterocycles. The zero-order valence-corrected chi connectivity index (χ0v) is 15.2. The largest absolute Gasteiger partial charge is 0.445 e. The first-order chi connectivity index (χ1) is 12.5. The van der Waals surface area contributed by atoms with E-state index < -0.39 is 6.09 Å². The third-order valence-electron chi connectivity index (χ3n) is 4.89. The van der Waals surface area contributed by atoms with E-state index >= 15 is 0 Å². The highest BCUT2D eigenvalue weighted by atomic mass is 16.5. The van der Waals surface area contributed by atoms with E-state index in [1.54, 1.807) is 24.1 Å². The van der Waals surface area contributed by atoms with E-state index in [4.69, 9.17) is 4.74 Å². The van der Waals surface area contributed by atoms with Gasteiger partial charge in [-0.15, -0.1) is 0 Å². The van der Waals surface area contributed by atoms with Crippen molar-refractivity contribution >= 4 is 17.7 Å². The molecule has 1 aliphatic rings. The van der Waals surface area contributed by atoms with Crippen LogP contribution in [0.2, 0.25) is 0 Å². The number of aromatic nitrogens is 1. The highest BCUT2D eigenvalue weighted by molar-refractivity contribution is 5.93. The van der Waals surface area contributed by atoms with Gasteiger partial charge in [-0.1, -0.05) is 37.3 Å². The fourth-order valence-electron chi connectivity index (χ4n) is 3.38. The molecule has 136 valence electrons. The number of alkyl carbamates (subject to hydrolysis) is 1. The Morgan fingerprint density at radius 3 is 2.58 bits per heavy atom. The van der Waals surface area contributed by atoms with Gasteiger partial charge >= 0.3 is 6.09 Å². The quantitative estimate of drug-likeness (QED) is 0.917. The highest BCUT2D eigenvalue weighted by Gasteiger charge is 2.39. The number of rotatable bonds is 3. The van der Waals surface area contributed by atoms with Gasteiger partial charge < -0.3 is 15.0 Å². The van der Waals surface area contributed by atoms with Crippen molar-refractivity contribution in [3.63, 3.8) is 0 Å². The van der Waals surface area contributed by atoms with Gasteiger partial charge in [0.2, 0.25) is 5.91 Å². The maximum atomic E-state index is 12.3. The van der Waals surface area contributed by atoms with E-state index in [0.29, 0.717) is 5.69 Å². The highest BCUT2D eigenvalue weighted by Crippen LogP contribution is 2.39. The summed E-state index contributed by atoms with van der Waals surface area (Å²) in [4.78, 5) is 30.6. The predicted molar refractivity (Wildman–Crippen MR) is 98.5 cm³/mol. The molecule has 2 amide bonds. The number of pyridine rings is 1. The van der Waals surface area contributed by atoms with E-state index in [9.17, 15) is 9.59 Å². The molecule has 3 rings (SSSR count). The van der Waals surface area contributed by atoms with E-state index in [2.05, 4.69) is 10.3 Å². The molecule has 6 nitrogen and oxygen atoms in total. The second kappa shape index (κ2) is 7.56. The van der Waals surface area contributed by atoms with Crippen LogP contribution < -0.4 is 10.2 Å². The first kappa shape index (κ1) is 17.9. The normalized spacial score (nSPS) is 21.7. The third kappa shape index (κ3) is 3.54. The van der Waals surface area contributed by atoms with Gasteiger partial charge in [0, 0.05) is 25.1 Å². The second-order valence-corrected chi connectivity index (χ2v) is 6.58. The summed E-state index contributed by atoms with van der Waals surface area (Å²) < 4.78 is 5.35. The zero-order chi connectivity index (χ0) is 18.7. The maximum Gasteiger partial charge on any atom is 0.408 e. The van der Waals surface area contributed by atoms with Gasteiger partial charge in [-0.2, -0.15) is 0 Å². The minimum Gasteiger partial charge on any atom is -0.445 e. The van der Waals surface area contributed by atoms with Crippen molar-refractivity contribution in [2.24, 2.45) is 5.92 Å². The van der Waals surface area contributed by atoms with Crippen molar-refractivity contribution in [3.8, 4) is 0 Å². The second-order valence-electron chi connectivity index (χ2n) is 6.58. The molecule has 26 heavy (non-hydrogen) atoms. The monoisotopic (exact) mass is 353 g/mol. The maximum absolute atomic E-state index is 12.3. The molecular formula is C20H23N3O3. The Balaban J connectivity index is 1.77. The van der Waals surface area contributed by atoms with E-state index in [1.165, 1.54) is 0 Å². The summed E-state index contributed by atoms with van der Waals surface area (Å²) in [5.74, 6) is -0.0470. The molecule has 1 N–H and O–H groups in total. The SMILES string of the molecule is CC(=O)N1c2cccnc2[C@H](NC(=O)OCc2ccccc2)[C@@H](C)[C@@H]1C. The molecule has 0 bridgehead atoms. The number of nitrogens with zero attached hydrogens (tertiary/aromatic N) is 2. The Labute approximate surface area is 153 Å². The number of nitrogens with one attached hydrogen (secondary N) is 1. The van der Waals surface area contributed by atoms with Crippen LogP contribution in [0.3, 0.4) is 0 Å². The van der Waals surface area contributed by atoms with Crippen LogP contribution in [0.4, 0.5) is 10.5 Å². The topological polar surface area (TPSA) is 71.5 Å². The van der Waals surface area contributed by atoms with Gasteiger partial charge in [0.1, 0.15) is 6.61 Å². The Morgan fingerprint density at radius 1 is 1.15 bits per heavy atom. The van der Waals surface area contributed by atoms with Gasteiger partial charge in [-0.25, -0.2) is 4.79 Å². The van der Waals surface area contributed by atoms with Crippen molar-refractivity contribution in [1.29, 1.82) is 0 Å². The molecule has 0 aliphatic carbocycles. The van der Waals surface area contributed by atoms with E-state index in [0.717, 1.165) is 11.3 Å². The Morgan fingerprint density at radius 2 is 1.88 bits per heavy atom. The number of fused-ring (bicyclic) bond motifs is 1. The number of hydrogen-bond acceptors (Lipinski definition) is 4. The number of carbonyl (C=O) groups is 2. The lowest BCUT2D eigenvalue weighted by Gasteiger charge is -2.42. The molecule has 0 fully saturated rings. The number of anilines is 1. The summed E-state index contributed by atoms with van der Waals surface area (Å²) in [6.45, 7) is 5.73. The zero-order valence-electron chi connectivity index (χ0n) is 15.2. The van der Waals surface area contributed by atoms with Crippen molar-refractivity contribution in [3.05, 3.63) is 59.9 Å². The third-order valence-corrected chi connectivity index (χ3v) is 4.89. The minimum absolute atomic E-state index is 0.00873. The van der Waals surface area contributed by atoms with Gasteiger partial charge in [-0.3, -0.25) is 9.78 Å². The summed E-state index contributed by atoms with van der Waals surface area (Å²) in [7, 11) is 0. The van der Waals surface area contributed by atoms with Crippen LogP contribution in [-0.2, 0) is 16.1 Å². The molecule has 3 atom stereocenters. The lowest BCUT2D eigenvalue weighted by Crippen LogP contribution is -2.51. The number of amides is 2. The molecule has 2 heterocycles. The average molecular weight is 353 g/mol. The van der Waals surface area contributed by atoms with Crippen molar-refractivity contribution in [2.45, 2.75) is 39.5 Å². The molecule has 6 heteroatoms. The number of benzene rings is 1. The van der Waals surface area contributed by atoms with Gasteiger partial charge in [0.05, 0.1) is 17.4 Å².